The molecule has 9 heteroatoms. The number of likely N-dealkylation sites (tertiary alicyclic amines) is 1. The summed E-state index contributed by atoms with van der Waals surface area (Å²) in [7, 11) is 0. The normalized spacial score (nSPS) is 20.9. The molecular weight excluding hydrogens is 456 g/mol. The van der Waals surface area contributed by atoms with E-state index in [0.717, 1.165) is 38.9 Å². The van der Waals surface area contributed by atoms with Crippen LogP contribution in [0.5, 0.6) is 0 Å². The van der Waals surface area contributed by atoms with Gasteiger partial charge in [0.2, 0.25) is 11.8 Å². The minimum atomic E-state index is -0.518. The van der Waals surface area contributed by atoms with Crippen molar-refractivity contribution in [3.05, 3.63) is 28.8 Å². The highest BCUT2D eigenvalue weighted by atomic mass is 35.5. The third-order valence-corrected chi connectivity index (χ3v) is 8.06. The topological polar surface area (TPSA) is 98.8 Å². The van der Waals surface area contributed by atoms with Crippen LogP contribution in [0.3, 0.4) is 0 Å². The summed E-state index contributed by atoms with van der Waals surface area (Å²) >= 11 is 6.33. The van der Waals surface area contributed by atoms with Crippen LogP contribution in [0.2, 0.25) is 5.02 Å². The van der Waals surface area contributed by atoms with E-state index in [0.29, 0.717) is 27.6 Å². The van der Waals surface area contributed by atoms with E-state index >= 15 is 0 Å². The summed E-state index contributed by atoms with van der Waals surface area (Å²) in [6.45, 7) is 4.01. The number of nitrogens with zero attached hydrogens (tertiary/aromatic N) is 2. The molecule has 0 radical (unpaired) electrons. The second kappa shape index (κ2) is 10.3. The molecule has 4 rings (SSSR count). The summed E-state index contributed by atoms with van der Waals surface area (Å²) < 4.78 is 0. The van der Waals surface area contributed by atoms with Crippen LogP contribution in [0, 0.1) is 11.3 Å². The molecule has 1 saturated carbocycles. The molecule has 8 nitrogen and oxygen atoms in total. The molecule has 0 unspecified atom stereocenters. The molecule has 184 valence electrons. The summed E-state index contributed by atoms with van der Waals surface area (Å²) in [6, 6.07) is 4.48. The number of rotatable bonds is 5. The van der Waals surface area contributed by atoms with Gasteiger partial charge in [0.25, 0.3) is 5.91 Å². The lowest BCUT2D eigenvalue weighted by molar-refractivity contribution is -0.120. The van der Waals surface area contributed by atoms with E-state index in [1.165, 1.54) is 30.6 Å². The Bertz CT molecular complexity index is 964. The van der Waals surface area contributed by atoms with E-state index in [1.807, 2.05) is 4.90 Å². The maximum atomic E-state index is 13.3. The number of benzene rings is 1. The quantitative estimate of drug-likeness (QED) is 0.659. The summed E-state index contributed by atoms with van der Waals surface area (Å²) in [5, 5.41) is 5.56. The van der Waals surface area contributed by atoms with Crippen LogP contribution < -0.4 is 15.5 Å². The Hall–Kier alpha value is -2.61. The van der Waals surface area contributed by atoms with Gasteiger partial charge in [-0.25, -0.2) is 4.79 Å². The highest BCUT2D eigenvalue weighted by Gasteiger charge is 2.39. The maximum absolute atomic E-state index is 13.3. The molecule has 2 N–H and O–H groups in total. The van der Waals surface area contributed by atoms with Crippen molar-refractivity contribution in [2.24, 2.45) is 11.3 Å². The predicted octanol–water partition coefficient (Wildman–Crippen LogP) is 3.73. The maximum Gasteiger partial charge on any atom is 0.328 e. The minimum absolute atomic E-state index is 0.0337. The Kier molecular flexibility index (Phi) is 7.45. The van der Waals surface area contributed by atoms with Crippen LogP contribution in [0.15, 0.2) is 18.2 Å². The molecule has 5 amide bonds. The molecule has 1 aromatic rings. The van der Waals surface area contributed by atoms with Gasteiger partial charge in [-0.3, -0.25) is 24.6 Å². The number of carbonyl (C=O) groups is 4. The molecule has 2 heterocycles. The largest absolute Gasteiger partial charge is 0.356 e. The molecule has 2 aliphatic heterocycles. The lowest BCUT2D eigenvalue weighted by Crippen LogP contribution is -2.49. The third-order valence-electron chi connectivity index (χ3n) is 7.74. The molecule has 34 heavy (non-hydrogen) atoms. The third kappa shape index (κ3) is 5.54. The van der Waals surface area contributed by atoms with Crippen LogP contribution in [0.25, 0.3) is 0 Å². The van der Waals surface area contributed by atoms with Gasteiger partial charge < -0.3 is 10.2 Å². The molecule has 3 aliphatic rings. The molecule has 1 aromatic carbocycles. The summed E-state index contributed by atoms with van der Waals surface area (Å²) in [5.41, 5.74) is 1.27. The summed E-state index contributed by atoms with van der Waals surface area (Å²) in [5.74, 6) is 0.345. The highest BCUT2D eigenvalue weighted by molar-refractivity contribution is 6.34. The monoisotopic (exact) mass is 488 g/mol. The fraction of sp³-hybridized carbons (Fsp3) is 0.600. The lowest BCUT2D eigenvalue weighted by Gasteiger charge is -2.46. The van der Waals surface area contributed by atoms with Crippen molar-refractivity contribution in [1.82, 2.24) is 15.5 Å². The fourth-order valence-corrected chi connectivity index (χ4v) is 5.76. The summed E-state index contributed by atoms with van der Waals surface area (Å²) in [6.07, 6.45) is 8.01. The zero-order valence-electron chi connectivity index (χ0n) is 19.7. The zero-order valence-corrected chi connectivity index (χ0v) is 20.5. The SMILES string of the molecule is CC(=O)NCCC1CCC2(CC1)CCN(C(=O)c1ccc(Cl)c(N3CCC(=O)NC3=O)c1)CC2. The standard InChI is InChI=1S/C25H33ClN4O4/c1-17(31)27-12-6-18-4-8-25(9-5-18)10-14-29(15-11-25)23(33)19-2-3-20(26)21(16-19)30-13-7-22(32)28-24(30)34/h2-3,16,18H,4-15H2,1H3,(H,27,31)(H,28,32,34). The predicted molar refractivity (Wildman–Crippen MR) is 130 cm³/mol. The van der Waals surface area contributed by atoms with Crippen molar-refractivity contribution in [3.8, 4) is 0 Å². The molecule has 0 atom stereocenters. The Labute approximate surface area is 205 Å². The van der Waals surface area contributed by atoms with Crippen LogP contribution in [0.1, 0.15) is 68.6 Å². The van der Waals surface area contributed by atoms with Crippen molar-refractivity contribution in [2.75, 3.05) is 31.1 Å². The number of imide groups is 1. The van der Waals surface area contributed by atoms with Crippen molar-refractivity contribution in [2.45, 2.75) is 58.3 Å². The first kappa shape index (κ1) is 24.5. The van der Waals surface area contributed by atoms with Gasteiger partial charge in [-0.2, -0.15) is 0 Å². The van der Waals surface area contributed by atoms with Crippen molar-refractivity contribution in [3.63, 3.8) is 0 Å². The Morgan fingerprint density at radius 2 is 1.82 bits per heavy atom. The second-order valence-electron chi connectivity index (χ2n) is 9.93. The molecule has 0 bridgehead atoms. The van der Waals surface area contributed by atoms with Crippen LogP contribution in [-0.4, -0.2) is 54.8 Å². The zero-order chi connectivity index (χ0) is 24.3. The van der Waals surface area contributed by atoms with E-state index in [-0.39, 0.29) is 30.7 Å². The van der Waals surface area contributed by atoms with Gasteiger partial charge in [-0.15, -0.1) is 0 Å². The molecule has 1 aliphatic carbocycles. The van der Waals surface area contributed by atoms with Gasteiger partial charge in [0.05, 0.1) is 10.7 Å². The summed E-state index contributed by atoms with van der Waals surface area (Å²) in [4.78, 5) is 51.4. The number of carbonyl (C=O) groups excluding carboxylic acids is 4. The Balaban J connectivity index is 1.33. The van der Waals surface area contributed by atoms with Gasteiger partial charge in [0.1, 0.15) is 0 Å². The smallest absolute Gasteiger partial charge is 0.328 e. The number of anilines is 1. The first-order chi connectivity index (χ1) is 16.3. The van der Waals surface area contributed by atoms with Crippen LogP contribution in [-0.2, 0) is 9.59 Å². The van der Waals surface area contributed by atoms with Crippen molar-refractivity contribution >= 4 is 41.0 Å². The Morgan fingerprint density at radius 3 is 2.47 bits per heavy atom. The number of hydrogen-bond acceptors (Lipinski definition) is 4. The second-order valence-corrected chi connectivity index (χ2v) is 10.3. The number of piperidine rings is 1. The Morgan fingerprint density at radius 1 is 1.12 bits per heavy atom. The van der Waals surface area contributed by atoms with Gasteiger partial charge in [-0.05, 0) is 74.5 Å². The first-order valence-electron chi connectivity index (χ1n) is 12.2. The molecule has 0 aromatic heterocycles. The van der Waals surface area contributed by atoms with Crippen LogP contribution in [0.4, 0.5) is 10.5 Å². The highest BCUT2D eigenvalue weighted by Crippen LogP contribution is 2.47. The van der Waals surface area contributed by atoms with Gasteiger partial charge in [0, 0.05) is 45.1 Å². The number of hydrogen-bond donors (Lipinski definition) is 2. The first-order valence-corrected chi connectivity index (χ1v) is 12.6. The van der Waals surface area contributed by atoms with E-state index < -0.39 is 6.03 Å². The lowest BCUT2D eigenvalue weighted by atomic mass is 9.65. The van der Waals surface area contributed by atoms with E-state index in [1.54, 1.807) is 25.1 Å². The van der Waals surface area contributed by atoms with Gasteiger partial charge in [0.15, 0.2) is 0 Å². The van der Waals surface area contributed by atoms with Gasteiger partial charge >= 0.3 is 6.03 Å². The minimum Gasteiger partial charge on any atom is -0.356 e. The molecule has 1 spiro atoms. The van der Waals surface area contributed by atoms with E-state index in [2.05, 4.69) is 10.6 Å². The van der Waals surface area contributed by atoms with E-state index in [4.69, 9.17) is 11.6 Å². The average Bonchev–Trinajstić information content (AvgIpc) is 2.81. The fourth-order valence-electron chi connectivity index (χ4n) is 5.54. The number of nitrogens with one attached hydrogen (secondary N) is 2. The van der Waals surface area contributed by atoms with Gasteiger partial charge in [-0.1, -0.05) is 11.6 Å². The van der Waals surface area contributed by atoms with Crippen LogP contribution >= 0.6 is 11.6 Å². The number of halogens is 1. The number of amides is 5. The van der Waals surface area contributed by atoms with Crippen molar-refractivity contribution < 1.29 is 19.2 Å². The molecule has 2 saturated heterocycles. The van der Waals surface area contributed by atoms with E-state index in [9.17, 15) is 19.2 Å². The average molecular weight is 489 g/mol. The molecule has 3 fully saturated rings. The van der Waals surface area contributed by atoms with Crippen molar-refractivity contribution in [1.29, 1.82) is 0 Å². The number of urea groups is 1. The molecular formula is C25H33ClN4O4.